The third-order valence-electron chi connectivity index (χ3n) is 3.72. The van der Waals surface area contributed by atoms with Gasteiger partial charge in [-0.2, -0.15) is 0 Å². The second-order valence-corrected chi connectivity index (χ2v) is 5.21. The average Bonchev–Trinajstić information content (AvgIpc) is 3.07. The Morgan fingerprint density at radius 3 is 2.27 bits per heavy atom. The highest BCUT2D eigenvalue weighted by molar-refractivity contribution is 6.02. The first kappa shape index (κ1) is 16.0. The summed E-state index contributed by atoms with van der Waals surface area (Å²) in [5.74, 6) is 0.271. The zero-order valence-corrected chi connectivity index (χ0v) is 13.3. The average molecular weight is 293 g/mol. The molecule has 0 N–H and O–H groups in total. The van der Waals surface area contributed by atoms with Crippen molar-refractivity contribution in [2.75, 3.05) is 18.0 Å². The Morgan fingerprint density at radius 1 is 1.05 bits per heavy atom. The minimum absolute atomic E-state index is 0.0153. The first-order valence-corrected chi connectivity index (χ1v) is 7.83. The fraction of sp³-hybridized carbons (Fsp3) is 0.250. The highest BCUT2D eigenvalue weighted by Crippen LogP contribution is 2.15. The van der Waals surface area contributed by atoms with Crippen molar-refractivity contribution in [3.63, 3.8) is 0 Å². The van der Waals surface area contributed by atoms with Crippen LogP contribution >= 0.6 is 0 Å². The Morgan fingerprint density at radius 2 is 1.68 bits per heavy atom. The molecule has 0 spiro atoms. The fourth-order valence-corrected chi connectivity index (χ4v) is 2.40. The topological polar surface area (TPSA) is 20.3 Å². The van der Waals surface area contributed by atoms with E-state index in [-0.39, 0.29) is 11.7 Å². The van der Waals surface area contributed by atoms with E-state index >= 15 is 0 Å². The molecule has 1 aromatic carbocycles. The lowest BCUT2D eigenvalue weighted by Gasteiger charge is -2.20. The SMILES string of the molecule is CCN(CC)c1ccc(/C=C/C(=O)/C=C/C2C=CC=C2)cc1. The summed E-state index contributed by atoms with van der Waals surface area (Å²) < 4.78 is 0. The minimum atomic E-state index is 0.0153. The van der Waals surface area contributed by atoms with Crippen LogP contribution in [0.1, 0.15) is 19.4 Å². The smallest absolute Gasteiger partial charge is 0.178 e. The largest absolute Gasteiger partial charge is 0.372 e. The molecule has 114 valence electrons. The van der Waals surface area contributed by atoms with E-state index in [2.05, 4.69) is 43.0 Å². The van der Waals surface area contributed by atoms with E-state index in [1.165, 1.54) is 5.69 Å². The van der Waals surface area contributed by atoms with Gasteiger partial charge in [-0.1, -0.05) is 48.6 Å². The van der Waals surface area contributed by atoms with Gasteiger partial charge in [0, 0.05) is 24.7 Å². The molecule has 0 bridgehead atoms. The molecule has 0 fully saturated rings. The van der Waals surface area contributed by atoms with Crippen LogP contribution in [0.5, 0.6) is 0 Å². The van der Waals surface area contributed by atoms with Gasteiger partial charge in [-0.15, -0.1) is 0 Å². The predicted molar refractivity (Wildman–Crippen MR) is 95.0 cm³/mol. The Kier molecular flexibility index (Phi) is 5.96. The molecule has 0 heterocycles. The number of carbonyl (C=O) groups is 1. The van der Waals surface area contributed by atoms with E-state index in [4.69, 9.17) is 0 Å². The summed E-state index contributed by atoms with van der Waals surface area (Å²) in [6.45, 7) is 6.30. The van der Waals surface area contributed by atoms with Crippen LogP contribution in [0.25, 0.3) is 6.08 Å². The lowest BCUT2D eigenvalue weighted by atomic mass is 10.1. The third-order valence-corrected chi connectivity index (χ3v) is 3.72. The van der Waals surface area contributed by atoms with Crippen LogP contribution in [-0.2, 0) is 4.79 Å². The number of rotatable bonds is 7. The van der Waals surface area contributed by atoms with Gasteiger partial charge < -0.3 is 4.90 Å². The van der Waals surface area contributed by atoms with E-state index in [1.54, 1.807) is 12.2 Å². The zero-order chi connectivity index (χ0) is 15.8. The molecule has 1 aromatic rings. The van der Waals surface area contributed by atoms with Crippen LogP contribution in [0.4, 0.5) is 5.69 Å². The van der Waals surface area contributed by atoms with Crippen molar-refractivity contribution in [1.29, 1.82) is 0 Å². The normalized spacial score (nSPS) is 14.5. The van der Waals surface area contributed by atoms with Crippen molar-refractivity contribution in [2.45, 2.75) is 13.8 Å². The zero-order valence-electron chi connectivity index (χ0n) is 13.3. The second-order valence-electron chi connectivity index (χ2n) is 5.21. The highest BCUT2D eigenvalue weighted by Gasteiger charge is 2.01. The number of nitrogens with zero attached hydrogens (tertiary/aromatic N) is 1. The predicted octanol–water partition coefficient (Wildman–Crippen LogP) is 4.41. The molecular weight excluding hydrogens is 270 g/mol. The van der Waals surface area contributed by atoms with Gasteiger partial charge in [0.2, 0.25) is 0 Å². The van der Waals surface area contributed by atoms with Crippen LogP contribution < -0.4 is 4.90 Å². The molecule has 0 amide bonds. The molecule has 1 aliphatic rings. The molecule has 2 rings (SSSR count). The van der Waals surface area contributed by atoms with Gasteiger partial charge in [0.05, 0.1) is 0 Å². The highest BCUT2D eigenvalue weighted by atomic mass is 16.1. The van der Waals surface area contributed by atoms with Crippen molar-refractivity contribution in [1.82, 2.24) is 0 Å². The lowest BCUT2D eigenvalue weighted by molar-refractivity contribution is -0.110. The van der Waals surface area contributed by atoms with Gasteiger partial charge in [-0.05, 0) is 43.7 Å². The molecule has 0 aliphatic heterocycles. The summed E-state index contributed by atoms with van der Waals surface area (Å²) in [6, 6.07) is 8.29. The molecule has 0 radical (unpaired) electrons. The molecule has 0 atom stereocenters. The van der Waals surface area contributed by atoms with Crippen LogP contribution in [0.2, 0.25) is 0 Å². The minimum Gasteiger partial charge on any atom is -0.372 e. The maximum atomic E-state index is 11.8. The molecular formula is C20H23NO. The molecule has 0 aromatic heterocycles. The quantitative estimate of drug-likeness (QED) is 0.694. The molecule has 2 nitrogen and oxygen atoms in total. The number of hydrogen-bond donors (Lipinski definition) is 0. The van der Waals surface area contributed by atoms with E-state index < -0.39 is 0 Å². The molecule has 0 saturated heterocycles. The first-order valence-electron chi connectivity index (χ1n) is 7.83. The summed E-state index contributed by atoms with van der Waals surface area (Å²) in [5.41, 5.74) is 2.26. The number of anilines is 1. The third kappa shape index (κ3) is 4.59. The lowest BCUT2D eigenvalue weighted by Crippen LogP contribution is -2.21. The molecule has 22 heavy (non-hydrogen) atoms. The molecule has 0 saturated carbocycles. The maximum absolute atomic E-state index is 11.8. The van der Waals surface area contributed by atoms with Crippen molar-refractivity contribution in [3.05, 3.63) is 72.4 Å². The van der Waals surface area contributed by atoms with Crippen LogP contribution in [-0.4, -0.2) is 18.9 Å². The van der Waals surface area contributed by atoms with Gasteiger partial charge in [0.15, 0.2) is 5.78 Å². The fourth-order valence-electron chi connectivity index (χ4n) is 2.40. The Labute approximate surface area is 133 Å². The molecule has 2 heteroatoms. The molecule has 0 unspecified atom stereocenters. The summed E-state index contributed by atoms with van der Waals surface area (Å²) in [6.07, 6.45) is 15.1. The van der Waals surface area contributed by atoms with Crippen LogP contribution in [0.3, 0.4) is 0 Å². The van der Waals surface area contributed by atoms with E-state index in [0.29, 0.717) is 0 Å². The van der Waals surface area contributed by atoms with Gasteiger partial charge in [-0.25, -0.2) is 0 Å². The van der Waals surface area contributed by atoms with Crippen molar-refractivity contribution in [2.24, 2.45) is 5.92 Å². The van der Waals surface area contributed by atoms with Crippen LogP contribution in [0, 0.1) is 5.92 Å². The Hall–Kier alpha value is -2.35. The van der Waals surface area contributed by atoms with Gasteiger partial charge in [0.1, 0.15) is 0 Å². The van der Waals surface area contributed by atoms with Gasteiger partial charge in [-0.3, -0.25) is 4.79 Å². The van der Waals surface area contributed by atoms with Crippen LogP contribution in [0.15, 0.2) is 66.8 Å². The standard InChI is InChI=1S/C20H23NO/c1-3-21(4-2)19-13-9-18(10-14-19)12-16-20(22)15-11-17-7-5-6-8-17/h5-17H,3-4H2,1-2H3/b15-11+,16-12+. The summed E-state index contributed by atoms with van der Waals surface area (Å²) >= 11 is 0. The number of hydrogen-bond acceptors (Lipinski definition) is 2. The van der Waals surface area contributed by atoms with Crippen molar-refractivity contribution < 1.29 is 4.79 Å². The Bertz CT molecular complexity index is 589. The van der Waals surface area contributed by atoms with Gasteiger partial charge in [0.25, 0.3) is 0 Å². The van der Waals surface area contributed by atoms with E-state index in [9.17, 15) is 4.79 Å². The summed E-state index contributed by atoms with van der Waals surface area (Å²) in [5, 5.41) is 0. The molecule has 1 aliphatic carbocycles. The maximum Gasteiger partial charge on any atom is 0.178 e. The van der Waals surface area contributed by atoms with Gasteiger partial charge >= 0.3 is 0 Å². The number of benzene rings is 1. The summed E-state index contributed by atoms with van der Waals surface area (Å²) in [7, 11) is 0. The number of allylic oxidation sites excluding steroid dienone is 7. The number of carbonyl (C=O) groups excluding carboxylic acids is 1. The monoisotopic (exact) mass is 293 g/mol. The van der Waals surface area contributed by atoms with Crippen molar-refractivity contribution in [3.8, 4) is 0 Å². The van der Waals surface area contributed by atoms with E-state index in [0.717, 1.165) is 18.7 Å². The number of ketones is 1. The van der Waals surface area contributed by atoms with E-state index in [1.807, 2.05) is 36.4 Å². The summed E-state index contributed by atoms with van der Waals surface area (Å²) in [4.78, 5) is 14.1. The Balaban J connectivity index is 1.93. The van der Waals surface area contributed by atoms with Crippen molar-refractivity contribution >= 4 is 17.5 Å². The first-order chi connectivity index (χ1) is 10.7. The second kappa shape index (κ2) is 8.18.